The molecular formula is C22H28ClFN7O7P. The van der Waals surface area contributed by atoms with E-state index in [1.165, 1.54) is 19.1 Å². The van der Waals surface area contributed by atoms with Crippen molar-refractivity contribution in [1.29, 1.82) is 0 Å². The minimum atomic E-state index is -4.33. The van der Waals surface area contributed by atoms with E-state index in [9.17, 15) is 14.5 Å². The van der Waals surface area contributed by atoms with Crippen LogP contribution in [0.1, 0.15) is 27.0 Å². The number of aliphatic hydroxyl groups is 1. The van der Waals surface area contributed by atoms with Crippen LogP contribution in [0, 0.1) is 0 Å². The zero-order valence-electron chi connectivity index (χ0n) is 21.1. The van der Waals surface area contributed by atoms with E-state index in [1.54, 1.807) is 32.0 Å². The first-order valence-electron chi connectivity index (χ1n) is 11.7. The maximum absolute atomic E-state index is 15.6. The lowest BCUT2D eigenvalue weighted by molar-refractivity contribution is -0.149. The van der Waals surface area contributed by atoms with Gasteiger partial charge in [-0.25, -0.2) is 13.9 Å². The highest BCUT2D eigenvalue weighted by Crippen LogP contribution is 2.49. The van der Waals surface area contributed by atoms with Crippen molar-refractivity contribution in [2.75, 3.05) is 18.1 Å². The van der Waals surface area contributed by atoms with Crippen LogP contribution >= 0.6 is 19.3 Å². The van der Waals surface area contributed by atoms with Gasteiger partial charge in [0.15, 0.2) is 17.7 Å². The van der Waals surface area contributed by atoms with Gasteiger partial charge in [0.1, 0.15) is 29.5 Å². The number of esters is 1. The molecule has 212 valence electrons. The van der Waals surface area contributed by atoms with Crippen LogP contribution in [-0.4, -0.2) is 66.7 Å². The lowest BCUT2D eigenvalue weighted by atomic mass is 10.1. The molecule has 0 bridgehead atoms. The van der Waals surface area contributed by atoms with Gasteiger partial charge in [-0.15, -0.1) is 0 Å². The molecule has 17 heteroatoms. The SMILES string of the molecule is CC(C)OC(=O)[C@@H](C)NP(=O)(OC[C@H]1O[C@@H](n2cnc3c(N)nc(N)nc32)[C@@](F)(Cl)[C@@H]1O)Oc1ccccc1. The number of fused-ring (bicyclic) bond motifs is 1. The second kappa shape index (κ2) is 11.2. The Hall–Kier alpha value is -3.07. The molecule has 6 N–H and O–H groups in total. The first-order chi connectivity index (χ1) is 18.3. The Kier molecular flexibility index (Phi) is 8.30. The number of aliphatic hydroxyl groups excluding tert-OH is 1. The number of halogens is 2. The van der Waals surface area contributed by atoms with E-state index in [4.69, 9.17) is 41.6 Å². The van der Waals surface area contributed by atoms with E-state index in [1.807, 2.05) is 0 Å². The standard InChI is InChI=1S/C22H28ClFN7O7P/c1-11(2)36-19(33)12(3)30-39(34,38-13-7-5-4-6-8-13)35-9-14-16(32)22(23,24)20(37-14)31-10-27-15-17(25)28-21(26)29-18(15)31/h4-8,10-12,14,16,20,32H,9H2,1-3H3,(H,30,34)(H4,25,26,28,29)/t12-,14-,16-,20-,22-,39?/m1/s1. The zero-order valence-corrected chi connectivity index (χ0v) is 22.8. The van der Waals surface area contributed by atoms with Crippen LogP contribution in [-0.2, 0) is 23.4 Å². The molecule has 14 nitrogen and oxygen atoms in total. The summed E-state index contributed by atoms with van der Waals surface area (Å²) in [6, 6.07) is 6.89. The van der Waals surface area contributed by atoms with Gasteiger partial charge in [-0.3, -0.25) is 13.9 Å². The highest BCUT2D eigenvalue weighted by atomic mass is 35.5. The van der Waals surface area contributed by atoms with Gasteiger partial charge in [-0.2, -0.15) is 15.1 Å². The monoisotopic (exact) mass is 587 g/mol. The second-order valence-electron chi connectivity index (χ2n) is 8.97. The van der Waals surface area contributed by atoms with Crippen LogP contribution in [0.25, 0.3) is 11.2 Å². The third-order valence-corrected chi connectivity index (χ3v) is 7.59. The Morgan fingerprint density at radius 1 is 1.31 bits per heavy atom. The predicted molar refractivity (Wildman–Crippen MR) is 138 cm³/mol. The minimum absolute atomic E-state index is 0.0127. The molecule has 0 amide bonds. The Bertz CT molecular complexity index is 1380. The van der Waals surface area contributed by atoms with Crippen molar-refractivity contribution in [2.24, 2.45) is 0 Å². The van der Waals surface area contributed by atoms with E-state index in [2.05, 4.69) is 20.0 Å². The van der Waals surface area contributed by atoms with Gasteiger partial charge < -0.3 is 30.6 Å². The minimum Gasteiger partial charge on any atom is -0.462 e. The van der Waals surface area contributed by atoms with Gasteiger partial charge in [0, 0.05) is 0 Å². The molecule has 1 aliphatic rings. The van der Waals surface area contributed by atoms with Crippen LogP contribution in [0.4, 0.5) is 16.2 Å². The zero-order chi connectivity index (χ0) is 28.5. The summed E-state index contributed by atoms with van der Waals surface area (Å²) in [5, 5.41) is 10.3. The summed E-state index contributed by atoms with van der Waals surface area (Å²) in [6.45, 7) is 4.06. The number of anilines is 2. The van der Waals surface area contributed by atoms with Gasteiger partial charge >= 0.3 is 13.7 Å². The molecule has 4 rings (SSSR count). The van der Waals surface area contributed by atoms with E-state index in [-0.39, 0.29) is 28.7 Å². The van der Waals surface area contributed by atoms with Gasteiger partial charge in [0.05, 0.1) is 19.0 Å². The number of nitrogen functional groups attached to an aromatic ring is 2. The van der Waals surface area contributed by atoms with E-state index in [0.29, 0.717) is 0 Å². The molecule has 1 aromatic carbocycles. The summed E-state index contributed by atoms with van der Waals surface area (Å²) in [7, 11) is -4.33. The smallest absolute Gasteiger partial charge is 0.459 e. The number of para-hydroxylation sites is 1. The predicted octanol–water partition coefficient (Wildman–Crippen LogP) is 2.29. The molecule has 0 spiro atoms. The number of nitrogens with one attached hydrogen (secondary N) is 1. The summed E-state index contributed by atoms with van der Waals surface area (Å²) in [4.78, 5) is 24.2. The van der Waals surface area contributed by atoms with Gasteiger partial charge in [-0.05, 0) is 32.9 Å². The van der Waals surface area contributed by atoms with Crippen molar-refractivity contribution in [3.05, 3.63) is 36.7 Å². The fourth-order valence-electron chi connectivity index (χ4n) is 3.74. The number of carbonyl (C=O) groups is 1. The molecule has 1 saturated heterocycles. The summed E-state index contributed by atoms with van der Waals surface area (Å²) in [6.07, 6.45) is -4.35. The molecule has 2 aromatic heterocycles. The number of nitrogens with two attached hydrogens (primary N) is 2. The largest absolute Gasteiger partial charge is 0.462 e. The molecule has 39 heavy (non-hydrogen) atoms. The van der Waals surface area contributed by atoms with Crippen LogP contribution in [0.15, 0.2) is 36.7 Å². The number of hydrogen-bond donors (Lipinski definition) is 4. The highest BCUT2D eigenvalue weighted by Gasteiger charge is 2.58. The number of rotatable bonds is 10. The summed E-state index contributed by atoms with van der Waals surface area (Å²) < 4.78 is 52.3. The first kappa shape index (κ1) is 28.9. The normalized spacial score (nSPS) is 25.5. The molecule has 3 aromatic rings. The van der Waals surface area contributed by atoms with Crippen molar-refractivity contribution < 1.29 is 37.4 Å². The van der Waals surface area contributed by atoms with Gasteiger partial charge in [0.2, 0.25) is 5.95 Å². The molecule has 0 saturated carbocycles. The van der Waals surface area contributed by atoms with Crippen molar-refractivity contribution in [3.63, 3.8) is 0 Å². The molecule has 1 unspecified atom stereocenters. The highest BCUT2D eigenvalue weighted by molar-refractivity contribution is 7.52. The van der Waals surface area contributed by atoms with Gasteiger partial charge in [0.25, 0.3) is 5.13 Å². The molecule has 1 fully saturated rings. The lowest BCUT2D eigenvalue weighted by Crippen LogP contribution is -2.40. The van der Waals surface area contributed by atoms with E-state index < -0.39 is 56.0 Å². The van der Waals surface area contributed by atoms with Crippen LogP contribution in [0.5, 0.6) is 5.75 Å². The fourth-order valence-corrected chi connectivity index (χ4v) is 5.54. The Morgan fingerprint density at radius 3 is 2.67 bits per heavy atom. The summed E-state index contributed by atoms with van der Waals surface area (Å²) in [5.41, 5.74) is 11.6. The van der Waals surface area contributed by atoms with Crippen molar-refractivity contribution >= 4 is 48.2 Å². The third-order valence-electron chi connectivity index (χ3n) is 5.53. The average Bonchev–Trinajstić information content (AvgIpc) is 3.36. The topological polar surface area (TPSA) is 199 Å². The molecule has 1 aliphatic heterocycles. The van der Waals surface area contributed by atoms with Crippen LogP contribution < -0.4 is 21.1 Å². The molecule has 6 atom stereocenters. The molecular weight excluding hydrogens is 560 g/mol. The second-order valence-corrected chi connectivity index (χ2v) is 11.2. The number of ether oxygens (including phenoxy) is 2. The quantitative estimate of drug-likeness (QED) is 0.153. The third kappa shape index (κ3) is 6.24. The molecule has 0 aliphatic carbocycles. The summed E-state index contributed by atoms with van der Waals surface area (Å²) >= 11 is 6.08. The van der Waals surface area contributed by atoms with Crippen molar-refractivity contribution in [3.8, 4) is 5.75 Å². The van der Waals surface area contributed by atoms with Gasteiger partial charge in [-0.1, -0.05) is 29.8 Å². The van der Waals surface area contributed by atoms with Crippen LogP contribution in [0.2, 0.25) is 0 Å². The van der Waals surface area contributed by atoms with E-state index >= 15 is 4.39 Å². The molecule has 3 heterocycles. The average molecular weight is 588 g/mol. The number of carbonyl (C=O) groups excluding carboxylic acids is 1. The van der Waals surface area contributed by atoms with Crippen molar-refractivity contribution in [2.45, 2.75) is 56.5 Å². The van der Waals surface area contributed by atoms with Crippen molar-refractivity contribution in [1.82, 2.24) is 24.6 Å². The number of benzene rings is 1. The number of nitrogens with zero attached hydrogens (tertiary/aromatic N) is 4. The summed E-state index contributed by atoms with van der Waals surface area (Å²) in [5.74, 6) is -0.808. The van der Waals surface area contributed by atoms with Crippen LogP contribution in [0.3, 0.4) is 0 Å². The lowest BCUT2D eigenvalue weighted by Gasteiger charge is -2.25. The Labute approximate surface area is 227 Å². The maximum atomic E-state index is 15.6. The molecule has 0 radical (unpaired) electrons. The Balaban J connectivity index is 1.55. The first-order valence-corrected chi connectivity index (χ1v) is 13.7. The maximum Gasteiger partial charge on any atom is 0.459 e. The number of imidazole rings is 1. The number of aromatic nitrogens is 4. The Morgan fingerprint density at radius 2 is 2.00 bits per heavy atom. The fraction of sp³-hybridized carbons (Fsp3) is 0.455. The number of hydrogen-bond acceptors (Lipinski definition) is 12. The number of alkyl halides is 2. The van der Waals surface area contributed by atoms with E-state index in [0.717, 1.165) is 10.9 Å².